The van der Waals surface area contributed by atoms with Crippen LogP contribution in [0.2, 0.25) is 0 Å². The van der Waals surface area contributed by atoms with Crippen LogP contribution in [0.1, 0.15) is 29.5 Å². The fourth-order valence-electron chi connectivity index (χ4n) is 4.55. The highest BCUT2D eigenvalue weighted by Gasteiger charge is 2.20. The molecule has 0 saturated carbocycles. The van der Waals surface area contributed by atoms with E-state index in [1.165, 1.54) is 24.0 Å². The van der Waals surface area contributed by atoms with E-state index in [-0.39, 0.29) is 5.82 Å². The molecule has 4 nitrogen and oxygen atoms in total. The van der Waals surface area contributed by atoms with Gasteiger partial charge in [-0.15, -0.1) is 0 Å². The van der Waals surface area contributed by atoms with Gasteiger partial charge in [-0.25, -0.2) is 14.4 Å². The minimum Gasteiger partial charge on any atom is -0.303 e. The number of aryl methyl sites for hydroxylation is 1. The lowest BCUT2D eigenvalue weighted by Gasteiger charge is -2.34. The Morgan fingerprint density at radius 2 is 1.66 bits per heavy atom. The largest absolute Gasteiger partial charge is 0.303 e. The molecule has 0 amide bonds. The lowest BCUT2D eigenvalue weighted by molar-refractivity contribution is 0.153. The van der Waals surface area contributed by atoms with Crippen LogP contribution in [0.15, 0.2) is 60.9 Å². The number of nitrogens with zero attached hydrogens (tertiary/aromatic N) is 4. The molecule has 2 aromatic carbocycles. The van der Waals surface area contributed by atoms with Gasteiger partial charge in [-0.3, -0.25) is 0 Å². The van der Waals surface area contributed by atoms with E-state index in [0.717, 1.165) is 62.0 Å². The molecule has 1 aliphatic heterocycles. The van der Waals surface area contributed by atoms with Crippen molar-refractivity contribution in [1.82, 2.24) is 19.8 Å². The third kappa shape index (κ3) is 6.21. The van der Waals surface area contributed by atoms with Crippen LogP contribution in [0.5, 0.6) is 0 Å². The molecule has 0 aliphatic carbocycles. The highest BCUT2D eigenvalue weighted by atomic mass is 19.1. The fraction of sp³-hybridized carbons (Fsp3) is 0.407. The summed E-state index contributed by atoms with van der Waals surface area (Å²) in [6.45, 7) is 7.42. The van der Waals surface area contributed by atoms with Crippen LogP contribution in [-0.2, 0) is 13.0 Å². The summed E-state index contributed by atoms with van der Waals surface area (Å²) in [4.78, 5) is 14.1. The van der Waals surface area contributed by atoms with Crippen molar-refractivity contribution in [3.8, 4) is 11.4 Å². The van der Waals surface area contributed by atoms with Gasteiger partial charge in [0.1, 0.15) is 5.82 Å². The summed E-state index contributed by atoms with van der Waals surface area (Å²) in [6.07, 6.45) is 7.38. The van der Waals surface area contributed by atoms with Crippen LogP contribution >= 0.6 is 0 Å². The van der Waals surface area contributed by atoms with E-state index < -0.39 is 0 Å². The number of likely N-dealkylation sites (tertiary alicyclic amines) is 1. The second kappa shape index (κ2) is 10.8. The third-order valence-corrected chi connectivity index (χ3v) is 6.45. The van der Waals surface area contributed by atoms with E-state index in [2.05, 4.69) is 45.9 Å². The summed E-state index contributed by atoms with van der Waals surface area (Å²) in [5.41, 5.74) is 4.66. The molecule has 3 aromatic rings. The van der Waals surface area contributed by atoms with E-state index in [1.54, 1.807) is 12.1 Å². The van der Waals surface area contributed by atoms with Crippen LogP contribution in [-0.4, -0.2) is 53.0 Å². The van der Waals surface area contributed by atoms with Gasteiger partial charge < -0.3 is 9.80 Å². The summed E-state index contributed by atoms with van der Waals surface area (Å²) in [5.74, 6) is 1.37. The monoisotopic (exact) mass is 432 g/mol. The predicted octanol–water partition coefficient (Wildman–Crippen LogP) is 4.98. The molecule has 0 unspecified atom stereocenters. The van der Waals surface area contributed by atoms with Crippen molar-refractivity contribution < 1.29 is 4.39 Å². The number of hydrogen-bond donors (Lipinski definition) is 0. The Morgan fingerprint density at radius 3 is 2.34 bits per heavy atom. The summed E-state index contributed by atoms with van der Waals surface area (Å²) in [6, 6.07) is 15.1. The molecule has 0 atom stereocenters. The molecule has 0 spiro atoms. The first kappa shape index (κ1) is 22.6. The fourth-order valence-corrected chi connectivity index (χ4v) is 4.55. The maximum absolute atomic E-state index is 13.0. The average molecular weight is 433 g/mol. The minimum absolute atomic E-state index is 0.160. The maximum Gasteiger partial charge on any atom is 0.159 e. The van der Waals surface area contributed by atoms with E-state index >= 15 is 0 Å². The molecule has 4 rings (SSSR count). The lowest BCUT2D eigenvalue weighted by atomic mass is 9.96. The smallest absolute Gasteiger partial charge is 0.159 e. The lowest BCUT2D eigenvalue weighted by Crippen LogP contribution is -2.38. The number of benzene rings is 2. The van der Waals surface area contributed by atoms with Gasteiger partial charge in [0.2, 0.25) is 0 Å². The standard InChI is InChI=1S/C27H33FN4/c1-21-5-3-4-6-26(21)27-29-17-24(18-30-27)20-31(2)19-23-12-15-32(16-13-23)14-11-22-7-9-25(28)10-8-22/h3-10,17-18,23H,11-16,19-20H2,1-2H3. The Morgan fingerprint density at radius 1 is 0.969 bits per heavy atom. The molecule has 0 N–H and O–H groups in total. The van der Waals surface area contributed by atoms with Crippen molar-refractivity contribution >= 4 is 0 Å². The van der Waals surface area contributed by atoms with Gasteiger partial charge in [-0.2, -0.15) is 0 Å². The number of halogens is 1. The molecular weight excluding hydrogens is 399 g/mol. The van der Waals surface area contributed by atoms with E-state index in [9.17, 15) is 4.39 Å². The van der Waals surface area contributed by atoms with Gasteiger partial charge in [0, 0.05) is 43.2 Å². The van der Waals surface area contributed by atoms with Gasteiger partial charge in [-0.1, -0.05) is 36.4 Å². The zero-order chi connectivity index (χ0) is 22.3. The molecular formula is C27H33FN4. The molecule has 1 fully saturated rings. The topological polar surface area (TPSA) is 32.3 Å². The van der Waals surface area contributed by atoms with E-state index in [4.69, 9.17) is 0 Å². The van der Waals surface area contributed by atoms with Crippen molar-refractivity contribution in [2.45, 2.75) is 32.7 Å². The van der Waals surface area contributed by atoms with Gasteiger partial charge in [0.25, 0.3) is 0 Å². The number of rotatable bonds is 8. The van der Waals surface area contributed by atoms with Gasteiger partial charge in [-0.05, 0) is 75.5 Å². The van der Waals surface area contributed by atoms with Crippen LogP contribution in [0.3, 0.4) is 0 Å². The van der Waals surface area contributed by atoms with Crippen molar-refractivity contribution in [1.29, 1.82) is 0 Å². The Kier molecular flexibility index (Phi) is 7.61. The first-order chi connectivity index (χ1) is 15.6. The zero-order valence-corrected chi connectivity index (χ0v) is 19.2. The van der Waals surface area contributed by atoms with Crippen molar-refractivity contribution in [3.05, 3.63) is 83.4 Å². The van der Waals surface area contributed by atoms with Crippen molar-refractivity contribution in [2.24, 2.45) is 5.92 Å². The first-order valence-electron chi connectivity index (χ1n) is 11.6. The van der Waals surface area contributed by atoms with Gasteiger partial charge in [0.05, 0.1) is 0 Å². The maximum atomic E-state index is 13.0. The van der Waals surface area contributed by atoms with Crippen molar-refractivity contribution in [3.63, 3.8) is 0 Å². The number of aromatic nitrogens is 2. The zero-order valence-electron chi connectivity index (χ0n) is 19.2. The summed E-state index contributed by atoms with van der Waals surface area (Å²) < 4.78 is 13.0. The van der Waals surface area contributed by atoms with Crippen LogP contribution in [0, 0.1) is 18.7 Å². The van der Waals surface area contributed by atoms with Crippen LogP contribution in [0.4, 0.5) is 4.39 Å². The highest BCUT2D eigenvalue weighted by Crippen LogP contribution is 2.21. The molecule has 2 heterocycles. The normalized spacial score (nSPS) is 15.4. The summed E-state index contributed by atoms with van der Waals surface area (Å²) in [7, 11) is 2.19. The molecule has 1 saturated heterocycles. The Bertz CT molecular complexity index is 979. The second-order valence-electron chi connectivity index (χ2n) is 9.09. The van der Waals surface area contributed by atoms with Gasteiger partial charge in [0.15, 0.2) is 5.82 Å². The SMILES string of the molecule is Cc1ccccc1-c1ncc(CN(C)CC2CCN(CCc3ccc(F)cc3)CC2)cn1. The Balaban J connectivity index is 1.20. The Labute approximate surface area is 191 Å². The third-order valence-electron chi connectivity index (χ3n) is 6.45. The highest BCUT2D eigenvalue weighted by molar-refractivity contribution is 5.59. The summed E-state index contributed by atoms with van der Waals surface area (Å²) >= 11 is 0. The molecule has 1 aliphatic rings. The van der Waals surface area contributed by atoms with E-state index in [0.29, 0.717) is 0 Å². The average Bonchev–Trinajstić information content (AvgIpc) is 2.81. The predicted molar refractivity (Wildman–Crippen MR) is 128 cm³/mol. The van der Waals surface area contributed by atoms with Gasteiger partial charge >= 0.3 is 0 Å². The molecule has 0 radical (unpaired) electrons. The number of hydrogen-bond acceptors (Lipinski definition) is 4. The summed E-state index contributed by atoms with van der Waals surface area (Å²) in [5, 5.41) is 0. The molecule has 32 heavy (non-hydrogen) atoms. The quantitative estimate of drug-likeness (QED) is 0.503. The Hall–Kier alpha value is -2.63. The van der Waals surface area contributed by atoms with Crippen LogP contribution < -0.4 is 0 Å². The minimum atomic E-state index is -0.160. The van der Waals surface area contributed by atoms with Crippen LogP contribution in [0.25, 0.3) is 11.4 Å². The molecule has 1 aromatic heterocycles. The first-order valence-corrected chi connectivity index (χ1v) is 11.6. The molecule has 5 heteroatoms. The number of piperidine rings is 1. The molecule has 0 bridgehead atoms. The second-order valence-corrected chi connectivity index (χ2v) is 9.09. The van der Waals surface area contributed by atoms with Crippen molar-refractivity contribution in [2.75, 3.05) is 33.2 Å². The van der Waals surface area contributed by atoms with E-state index in [1.807, 2.05) is 36.7 Å². The molecule has 168 valence electrons.